The fourth-order valence-electron chi connectivity index (χ4n) is 1.79. The number of nitrogens with one attached hydrogen (secondary N) is 3. The van der Waals surface area contributed by atoms with Crippen LogP contribution in [0.3, 0.4) is 0 Å². The van der Waals surface area contributed by atoms with Crippen LogP contribution in [0.15, 0.2) is 18.2 Å². The van der Waals surface area contributed by atoms with Crippen LogP contribution in [0.1, 0.15) is 13.3 Å². The Labute approximate surface area is 123 Å². The Kier molecular flexibility index (Phi) is 5.25. The highest BCUT2D eigenvalue weighted by molar-refractivity contribution is 5.94. The number of urea groups is 1. The van der Waals surface area contributed by atoms with E-state index in [2.05, 4.69) is 16.0 Å². The third-order valence-electron chi connectivity index (χ3n) is 2.77. The Morgan fingerprint density at radius 1 is 1.14 bits per heavy atom. The Morgan fingerprint density at radius 2 is 1.90 bits per heavy atom. The van der Waals surface area contributed by atoms with E-state index in [-0.39, 0.29) is 18.5 Å². The minimum absolute atomic E-state index is 0.0933. The van der Waals surface area contributed by atoms with Gasteiger partial charge >= 0.3 is 6.03 Å². The summed E-state index contributed by atoms with van der Waals surface area (Å²) >= 11 is 0. The van der Waals surface area contributed by atoms with Crippen molar-refractivity contribution in [3.05, 3.63) is 18.2 Å². The number of hydrogen-bond acceptors (Lipinski definition) is 4. The van der Waals surface area contributed by atoms with Crippen LogP contribution in [0.2, 0.25) is 0 Å². The summed E-state index contributed by atoms with van der Waals surface area (Å²) in [7, 11) is 0. The van der Waals surface area contributed by atoms with E-state index in [1.807, 2.05) is 6.92 Å². The van der Waals surface area contributed by atoms with E-state index in [0.717, 1.165) is 6.42 Å². The quantitative estimate of drug-likeness (QED) is 0.758. The van der Waals surface area contributed by atoms with Gasteiger partial charge in [-0.05, 0) is 18.6 Å². The molecule has 3 N–H and O–H groups in total. The molecular formula is C14H19N3O4. The number of fused-ring (bicyclic) bond motifs is 1. The molecule has 0 aliphatic carbocycles. The van der Waals surface area contributed by atoms with E-state index in [4.69, 9.17) is 9.47 Å². The minimum atomic E-state index is -0.353. The van der Waals surface area contributed by atoms with Crippen molar-refractivity contribution in [2.75, 3.05) is 31.6 Å². The van der Waals surface area contributed by atoms with Crippen molar-refractivity contribution < 1.29 is 19.1 Å². The first-order valence-electron chi connectivity index (χ1n) is 6.90. The lowest BCUT2D eigenvalue weighted by Crippen LogP contribution is -2.40. The van der Waals surface area contributed by atoms with E-state index < -0.39 is 0 Å². The number of carbonyl (C=O) groups is 2. The molecule has 0 aromatic heterocycles. The van der Waals surface area contributed by atoms with Gasteiger partial charge in [0.25, 0.3) is 0 Å². The second kappa shape index (κ2) is 7.37. The zero-order chi connectivity index (χ0) is 15.1. The topological polar surface area (TPSA) is 88.7 Å². The molecule has 1 aromatic carbocycles. The smallest absolute Gasteiger partial charge is 0.315 e. The molecule has 0 saturated heterocycles. The van der Waals surface area contributed by atoms with Crippen LogP contribution in [0, 0.1) is 0 Å². The lowest BCUT2D eigenvalue weighted by molar-refractivity contribution is -0.115. The molecule has 0 radical (unpaired) electrons. The normalized spacial score (nSPS) is 12.4. The molecule has 3 amide bonds. The van der Waals surface area contributed by atoms with Crippen LogP contribution in [0.4, 0.5) is 10.5 Å². The first-order chi connectivity index (χ1) is 10.2. The molecule has 0 spiro atoms. The SMILES string of the molecule is CCCNC(=O)NCC(=O)Nc1ccc2c(c1)OCCO2. The molecular weight excluding hydrogens is 274 g/mol. The van der Waals surface area contributed by atoms with Gasteiger partial charge in [0, 0.05) is 18.3 Å². The van der Waals surface area contributed by atoms with Crippen molar-refractivity contribution in [2.45, 2.75) is 13.3 Å². The summed E-state index contributed by atoms with van der Waals surface area (Å²) in [6, 6.07) is 4.81. The zero-order valence-corrected chi connectivity index (χ0v) is 11.9. The maximum absolute atomic E-state index is 11.7. The third kappa shape index (κ3) is 4.55. The van der Waals surface area contributed by atoms with Gasteiger partial charge in [0.15, 0.2) is 11.5 Å². The molecule has 114 valence electrons. The van der Waals surface area contributed by atoms with Crippen LogP contribution >= 0.6 is 0 Å². The third-order valence-corrected chi connectivity index (χ3v) is 2.77. The van der Waals surface area contributed by atoms with Crippen LogP contribution in [-0.2, 0) is 4.79 Å². The van der Waals surface area contributed by atoms with Gasteiger partial charge < -0.3 is 25.4 Å². The first-order valence-corrected chi connectivity index (χ1v) is 6.90. The monoisotopic (exact) mass is 293 g/mol. The molecule has 1 aliphatic rings. The molecule has 0 bridgehead atoms. The molecule has 21 heavy (non-hydrogen) atoms. The predicted molar refractivity (Wildman–Crippen MR) is 77.8 cm³/mol. The van der Waals surface area contributed by atoms with Crippen LogP contribution in [0.25, 0.3) is 0 Å². The standard InChI is InChI=1S/C14H19N3O4/c1-2-5-15-14(19)16-9-13(18)17-10-3-4-11-12(8-10)21-7-6-20-11/h3-4,8H,2,5-7,9H2,1H3,(H,17,18)(H2,15,16,19). The Bertz CT molecular complexity index is 519. The minimum Gasteiger partial charge on any atom is -0.486 e. The molecule has 1 aliphatic heterocycles. The predicted octanol–water partition coefficient (Wildman–Crippen LogP) is 1.11. The number of ether oxygens (including phenoxy) is 2. The number of rotatable bonds is 5. The molecule has 0 saturated carbocycles. The Hall–Kier alpha value is -2.44. The van der Waals surface area contributed by atoms with E-state index >= 15 is 0 Å². The highest BCUT2D eigenvalue weighted by atomic mass is 16.6. The Morgan fingerprint density at radius 3 is 2.67 bits per heavy atom. The molecule has 7 nitrogen and oxygen atoms in total. The maximum atomic E-state index is 11.7. The number of amides is 3. The summed E-state index contributed by atoms with van der Waals surface area (Å²) in [5, 5.41) is 7.79. The van der Waals surface area contributed by atoms with E-state index in [9.17, 15) is 9.59 Å². The van der Waals surface area contributed by atoms with Gasteiger partial charge in [0.05, 0.1) is 6.54 Å². The molecule has 7 heteroatoms. The number of carbonyl (C=O) groups excluding carboxylic acids is 2. The fraction of sp³-hybridized carbons (Fsp3) is 0.429. The maximum Gasteiger partial charge on any atom is 0.315 e. The van der Waals surface area contributed by atoms with Gasteiger partial charge in [0.2, 0.25) is 5.91 Å². The Balaban J connectivity index is 1.81. The highest BCUT2D eigenvalue weighted by Crippen LogP contribution is 2.32. The van der Waals surface area contributed by atoms with Gasteiger partial charge in [-0.1, -0.05) is 6.92 Å². The summed E-state index contributed by atoms with van der Waals surface area (Å²) in [6.45, 7) is 3.45. The average Bonchev–Trinajstić information content (AvgIpc) is 2.50. The van der Waals surface area contributed by atoms with Crippen molar-refractivity contribution in [3.8, 4) is 11.5 Å². The van der Waals surface area contributed by atoms with Gasteiger partial charge in [-0.2, -0.15) is 0 Å². The summed E-state index contributed by atoms with van der Waals surface area (Å²) < 4.78 is 10.8. The van der Waals surface area contributed by atoms with Crippen LogP contribution in [0.5, 0.6) is 11.5 Å². The van der Waals surface area contributed by atoms with Crippen molar-refractivity contribution in [1.29, 1.82) is 0 Å². The van der Waals surface area contributed by atoms with Crippen molar-refractivity contribution in [2.24, 2.45) is 0 Å². The second-order valence-corrected chi connectivity index (χ2v) is 4.52. The molecule has 1 aromatic rings. The number of hydrogen-bond donors (Lipinski definition) is 3. The zero-order valence-electron chi connectivity index (χ0n) is 11.9. The van der Waals surface area contributed by atoms with Gasteiger partial charge in [0.1, 0.15) is 13.2 Å². The molecule has 0 fully saturated rings. The molecule has 2 rings (SSSR count). The van der Waals surface area contributed by atoms with Gasteiger partial charge in [-0.25, -0.2) is 4.79 Å². The van der Waals surface area contributed by atoms with Crippen LogP contribution in [-0.4, -0.2) is 38.2 Å². The summed E-state index contributed by atoms with van der Waals surface area (Å²) in [6.07, 6.45) is 0.844. The van der Waals surface area contributed by atoms with Crippen molar-refractivity contribution >= 4 is 17.6 Å². The number of benzene rings is 1. The summed E-state index contributed by atoms with van der Waals surface area (Å²) in [5.74, 6) is 0.961. The van der Waals surface area contributed by atoms with Crippen molar-refractivity contribution in [1.82, 2.24) is 10.6 Å². The van der Waals surface area contributed by atoms with E-state index in [1.165, 1.54) is 0 Å². The average molecular weight is 293 g/mol. The molecule has 0 unspecified atom stereocenters. The second-order valence-electron chi connectivity index (χ2n) is 4.52. The highest BCUT2D eigenvalue weighted by Gasteiger charge is 2.13. The van der Waals surface area contributed by atoms with E-state index in [1.54, 1.807) is 18.2 Å². The molecule has 1 heterocycles. The number of anilines is 1. The first kappa shape index (κ1) is 15.0. The van der Waals surface area contributed by atoms with Gasteiger partial charge in [-0.3, -0.25) is 4.79 Å². The van der Waals surface area contributed by atoms with Gasteiger partial charge in [-0.15, -0.1) is 0 Å². The molecule has 0 atom stereocenters. The van der Waals surface area contributed by atoms with E-state index in [0.29, 0.717) is 36.9 Å². The lowest BCUT2D eigenvalue weighted by Gasteiger charge is -2.19. The fourth-order valence-corrected chi connectivity index (χ4v) is 1.79. The summed E-state index contributed by atoms with van der Waals surface area (Å²) in [5.41, 5.74) is 0.597. The van der Waals surface area contributed by atoms with Crippen molar-refractivity contribution in [3.63, 3.8) is 0 Å². The van der Waals surface area contributed by atoms with Crippen LogP contribution < -0.4 is 25.4 Å². The summed E-state index contributed by atoms with van der Waals surface area (Å²) in [4.78, 5) is 23.0. The largest absolute Gasteiger partial charge is 0.486 e. The lowest BCUT2D eigenvalue weighted by atomic mass is 10.2.